The van der Waals surface area contributed by atoms with Gasteiger partial charge in [0.1, 0.15) is 10.0 Å². The normalized spacial score (nSPS) is 12.7. The van der Waals surface area contributed by atoms with Gasteiger partial charge in [-0.25, -0.2) is 0 Å². The zero-order valence-corrected chi connectivity index (χ0v) is 12.3. The highest BCUT2D eigenvalue weighted by atomic mass is 32.1. The van der Waals surface area contributed by atoms with Crippen molar-refractivity contribution in [1.82, 2.24) is 20.5 Å². The highest BCUT2D eigenvalue weighted by molar-refractivity contribution is 7.14. The average Bonchev–Trinajstić information content (AvgIpc) is 2.97. The van der Waals surface area contributed by atoms with Gasteiger partial charge >= 0.3 is 0 Å². The predicted octanol–water partition coefficient (Wildman–Crippen LogP) is 3.42. The van der Waals surface area contributed by atoms with Crippen LogP contribution in [-0.4, -0.2) is 21.7 Å². The molecule has 0 radical (unpaired) electrons. The molecule has 0 aliphatic carbocycles. The molecular weight excluding hydrogens is 268 g/mol. The lowest BCUT2D eigenvalue weighted by Gasteiger charge is -2.06. The summed E-state index contributed by atoms with van der Waals surface area (Å²) in [6.45, 7) is 5.13. The van der Waals surface area contributed by atoms with E-state index in [4.69, 9.17) is 0 Å². The number of pyridine rings is 1. The SMILES string of the molecule is CCNC(C)c1nnc(-c2cccc3ncccc23)s1. The molecule has 0 aliphatic rings. The summed E-state index contributed by atoms with van der Waals surface area (Å²) >= 11 is 1.64. The van der Waals surface area contributed by atoms with Gasteiger partial charge < -0.3 is 5.32 Å². The summed E-state index contributed by atoms with van der Waals surface area (Å²) < 4.78 is 0. The summed E-state index contributed by atoms with van der Waals surface area (Å²) in [5.74, 6) is 0. The van der Waals surface area contributed by atoms with Crippen molar-refractivity contribution in [2.24, 2.45) is 0 Å². The van der Waals surface area contributed by atoms with Crippen LogP contribution in [0.25, 0.3) is 21.5 Å². The summed E-state index contributed by atoms with van der Waals surface area (Å²) in [4.78, 5) is 4.38. The largest absolute Gasteiger partial charge is 0.308 e. The van der Waals surface area contributed by atoms with Gasteiger partial charge in [-0.3, -0.25) is 4.98 Å². The highest BCUT2D eigenvalue weighted by Crippen LogP contribution is 2.31. The number of nitrogens with zero attached hydrogens (tertiary/aromatic N) is 3. The molecule has 102 valence electrons. The first kappa shape index (κ1) is 13.1. The van der Waals surface area contributed by atoms with E-state index in [1.807, 2.05) is 24.4 Å². The van der Waals surface area contributed by atoms with Crippen LogP contribution in [0.4, 0.5) is 0 Å². The van der Waals surface area contributed by atoms with E-state index in [-0.39, 0.29) is 6.04 Å². The van der Waals surface area contributed by atoms with Gasteiger partial charge in [0.15, 0.2) is 0 Å². The standard InChI is InChI=1S/C15H16N4S/c1-3-16-10(2)14-18-19-15(20-14)12-6-4-8-13-11(12)7-5-9-17-13/h4-10,16H,3H2,1-2H3. The molecule has 3 rings (SSSR count). The Hall–Kier alpha value is -1.85. The predicted molar refractivity (Wildman–Crippen MR) is 82.7 cm³/mol. The van der Waals surface area contributed by atoms with Crippen molar-refractivity contribution < 1.29 is 0 Å². The molecular formula is C15H16N4S. The maximum Gasteiger partial charge on any atom is 0.148 e. The second kappa shape index (κ2) is 5.64. The molecule has 0 amide bonds. The van der Waals surface area contributed by atoms with Crippen molar-refractivity contribution in [3.63, 3.8) is 0 Å². The van der Waals surface area contributed by atoms with E-state index >= 15 is 0 Å². The molecule has 0 bridgehead atoms. The molecule has 0 fully saturated rings. The number of aromatic nitrogens is 3. The topological polar surface area (TPSA) is 50.7 Å². The molecule has 2 aromatic heterocycles. The van der Waals surface area contributed by atoms with Crippen LogP contribution in [0.2, 0.25) is 0 Å². The minimum Gasteiger partial charge on any atom is -0.308 e. The van der Waals surface area contributed by atoms with Crippen LogP contribution < -0.4 is 5.32 Å². The van der Waals surface area contributed by atoms with Gasteiger partial charge in [-0.15, -0.1) is 10.2 Å². The van der Waals surface area contributed by atoms with Crippen LogP contribution in [0.3, 0.4) is 0 Å². The van der Waals surface area contributed by atoms with Crippen molar-refractivity contribution in [1.29, 1.82) is 0 Å². The summed E-state index contributed by atoms with van der Waals surface area (Å²) in [6.07, 6.45) is 1.81. The van der Waals surface area contributed by atoms with E-state index in [1.54, 1.807) is 11.3 Å². The summed E-state index contributed by atoms with van der Waals surface area (Å²) in [5.41, 5.74) is 2.09. The fraction of sp³-hybridized carbons (Fsp3) is 0.267. The van der Waals surface area contributed by atoms with Crippen molar-refractivity contribution in [2.45, 2.75) is 19.9 Å². The van der Waals surface area contributed by atoms with E-state index in [0.29, 0.717) is 0 Å². The molecule has 0 saturated carbocycles. The number of benzene rings is 1. The highest BCUT2D eigenvalue weighted by Gasteiger charge is 2.13. The third-order valence-electron chi connectivity index (χ3n) is 3.20. The summed E-state index contributed by atoms with van der Waals surface area (Å²) in [5, 5.41) is 15.1. The quantitative estimate of drug-likeness (QED) is 0.797. The van der Waals surface area contributed by atoms with E-state index in [9.17, 15) is 0 Å². The Kier molecular flexibility index (Phi) is 3.71. The Morgan fingerprint density at radius 3 is 2.95 bits per heavy atom. The lowest BCUT2D eigenvalue weighted by molar-refractivity contribution is 0.590. The zero-order chi connectivity index (χ0) is 13.9. The number of hydrogen-bond acceptors (Lipinski definition) is 5. The van der Waals surface area contributed by atoms with Gasteiger partial charge in [-0.2, -0.15) is 0 Å². The smallest absolute Gasteiger partial charge is 0.148 e. The fourth-order valence-electron chi connectivity index (χ4n) is 2.20. The maximum atomic E-state index is 4.38. The molecule has 0 aliphatic heterocycles. The fourth-order valence-corrected chi connectivity index (χ4v) is 3.11. The van der Waals surface area contributed by atoms with Crippen molar-refractivity contribution in [2.75, 3.05) is 6.54 Å². The third-order valence-corrected chi connectivity index (χ3v) is 4.34. The lowest BCUT2D eigenvalue weighted by atomic mass is 10.1. The summed E-state index contributed by atoms with van der Waals surface area (Å²) in [6, 6.07) is 10.4. The minimum atomic E-state index is 0.236. The van der Waals surface area contributed by atoms with E-state index in [2.05, 4.69) is 46.5 Å². The Labute approximate surface area is 121 Å². The molecule has 2 heterocycles. The van der Waals surface area contributed by atoms with Crippen LogP contribution >= 0.6 is 11.3 Å². The van der Waals surface area contributed by atoms with E-state index in [1.165, 1.54) is 0 Å². The number of rotatable bonds is 4. The van der Waals surface area contributed by atoms with Crippen molar-refractivity contribution in [3.05, 3.63) is 41.5 Å². The van der Waals surface area contributed by atoms with E-state index < -0.39 is 0 Å². The van der Waals surface area contributed by atoms with Crippen molar-refractivity contribution in [3.8, 4) is 10.6 Å². The lowest BCUT2D eigenvalue weighted by Crippen LogP contribution is -2.17. The average molecular weight is 284 g/mol. The Bertz CT molecular complexity index is 717. The van der Waals surface area contributed by atoms with Crippen LogP contribution in [0, 0.1) is 0 Å². The monoisotopic (exact) mass is 284 g/mol. The molecule has 5 heteroatoms. The number of hydrogen-bond donors (Lipinski definition) is 1. The van der Waals surface area contributed by atoms with Gasteiger partial charge in [0.2, 0.25) is 0 Å². The number of nitrogens with one attached hydrogen (secondary N) is 1. The molecule has 0 spiro atoms. The molecule has 1 N–H and O–H groups in total. The molecule has 1 aromatic carbocycles. The summed E-state index contributed by atoms with van der Waals surface area (Å²) in [7, 11) is 0. The van der Waals surface area contributed by atoms with Gasteiger partial charge in [-0.1, -0.05) is 36.5 Å². The van der Waals surface area contributed by atoms with Crippen molar-refractivity contribution >= 4 is 22.2 Å². The first-order chi connectivity index (χ1) is 9.79. The molecule has 0 saturated heterocycles. The van der Waals surface area contributed by atoms with Crippen LogP contribution in [0.15, 0.2) is 36.5 Å². The Morgan fingerprint density at radius 1 is 1.20 bits per heavy atom. The first-order valence-electron chi connectivity index (χ1n) is 6.70. The van der Waals surface area contributed by atoms with Gasteiger partial charge in [0.05, 0.1) is 11.6 Å². The van der Waals surface area contributed by atoms with Gasteiger partial charge in [-0.05, 0) is 25.6 Å². The third kappa shape index (κ3) is 2.42. The molecule has 3 aromatic rings. The Balaban J connectivity index is 2.03. The molecule has 1 unspecified atom stereocenters. The van der Waals surface area contributed by atoms with Crippen LogP contribution in [-0.2, 0) is 0 Å². The van der Waals surface area contributed by atoms with E-state index in [0.717, 1.165) is 33.0 Å². The zero-order valence-electron chi connectivity index (χ0n) is 11.5. The Morgan fingerprint density at radius 2 is 2.10 bits per heavy atom. The molecule has 4 nitrogen and oxygen atoms in total. The molecule has 20 heavy (non-hydrogen) atoms. The maximum absolute atomic E-state index is 4.38. The van der Waals surface area contributed by atoms with Crippen LogP contribution in [0.5, 0.6) is 0 Å². The molecule has 1 atom stereocenters. The van der Waals surface area contributed by atoms with Gasteiger partial charge in [0, 0.05) is 17.1 Å². The van der Waals surface area contributed by atoms with Crippen LogP contribution in [0.1, 0.15) is 24.9 Å². The second-order valence-corrected chi connectivity index (χ2v) is 5.61. The van der Waals surface area contributed by atoms with Gasteiger partial charge in [0.25, 0.3) is 0 Å². The number of fused-ring (bicyclic) bond motifs is 1. The second-order valence-electron chi connectivity index (χ2n) is 4.60. The first-order valence-corrected chi connectivity index (χ1v) is 7.52. The minimum absolute atomic E-state index is 0.236.